The third kappa shape index (κ3) is 5.60. The van der Waals surface area contributed by atoms with Gasteiger partial charge in [0.25, 0.3) is 5.91 Å². The Morgan fingerprint density at radius 1 is 0.949 bits per heavy atom. The molecule has 7 heteroatoms. The molecule has 1 heterocycles. The number of amides is 1. The van der Waals surface area contributed by atoms with Gasteiger partial charge in [0.05, 0.1) is 4.47 Å². The minimum atomic E-state index is -0.418. The van der Waals surface area contributed by atoms with Crippen LogP contribution in [0.2, 0.25) is 0 Å². The normalized spacial score (nSPS) is 20.3. The average Bonchev–Trinajstić information content (AvgIpc) is 2.82. The predicted octanol–water partition coefficient (Wildman–Crippen LogP) is 6.75. The van der Waals surface area contributed by atoms with E-state index < -0.39 is 5.92 Å². The van der Waals surface area contributed by atoms with Crippen molar-refractivity contribution < 1.29 is 19.1 Å². The SMILES string of the molecule is Cc1ccccc1NC(=O)COc1ccc(C2C3=C(CC(C)(C)CC3=O)NC3=C2C(=O)CC(C)(C)C3)cc1Br. The van der Waals surface area contributed by atoms with Crippen LogP contribution in [-0.2, 0) is 14.4 Å². The number of carbonyl (C=O) groups is 3. The van der Waals surface area contributed by atoms with Crippen LogP contribution in [0.1, 0.15) is 70.4 Å². The van der Waals surface area contributed by atoms with Gasteiger partial charge in [-0.15, -0.1) is 0 Å². The summed E-state index contributed by atoms with van der Waals surface area (Å²) in [6, 6.07) is 13.2. The molecule has 204 valence electrons. The lowest BCUT2D eigenvalue weighted by Gasteiger charge is -2.44. The van der Waals surface area contributed by atoms with E-state index in [1.807, 2.05) is 43.3 Å². The van der Waals surface area contributed by atoms with E-state index in [0.717, 1.165) is 41.1 Å². The fourth-order valence-corrected chi connectivity index (χ4v) is 6.59. The molecule has 5 rings (SSSR count). The van der Waals surface area contributed by atoms with Crippen LogP contribution in [0.4, 0.5) is 5.69 Å². The van der Waals surface area contributed by atoms with Gasteiger partial charge in [0.1, 0.15) is 5.75 Å². The number of aryl methyl sites for hydroxylation is 1. The lowest BCUT2D eigenvalue weighted by atomic mass is 9.64. The summed E-state index contributed by atoms with van der Waals surface area (Å²) in [4.78, 5) is 39.6. The van der Waals surface area contributed by atoms with Crippen molar-refractivity contribution in [3.63, 3.8) is 0 Å². The summed E-state index contributed by atoms with van der Waals surface area (Å²) in [5.41, 5.74) is 5.60. The molecule has 0 spiro atoms. The summed E-state index contributed by atoms with van der Waals surface area (Å²) < 4.78 is 6.50. The van der Waals surface area contributed by atoms with E-state index >= 15 is 0 Å². The highest BCUT2D eigenvalue weighted by Gasteiger charge is 2.46. The largest absolute Gasteiger partial charge is 0.483 e. The molecule has 0 bridgehead atoms. The molecule has 2 aromatic rings. The first-order valence-corrected chi connectivity index (χ1v) is 14.2. The minimum Gasteiger partial charge on any atom is -0.483 e. The van der Waals surface area contributed by atoms with Gasteiger partial charge in [-0.1, -0.05) is 52.0 Å². The van der Waals surface area contributed by atoms with Gasteiger partial charge in [0, 0.05) is 47.0 Å². The lowest BCUT2D eigenvalue weighted by molar-refractivity contribution is -0.119. The molecule has 1 amide bonds. The van der Waals surface area contributed by atoms with Crippen LogP contribution < -0.4 is 15.4 Å². The molecule has 0 atom stereocenters. The van der Waals surface area contributed by atoms with Crippen LogP contribution in [0.3, 0.4) is 0 Å². The van der Waals surface area contributed by atoms with E-state index in [2.05, 4.69) is 54.3 Å². The van der Waals surface area contributed by atoms with Gasteiger partial charge in [-0.3, -0.25) is 14.4 Å². The average molecular weight is 592 g/mol. The fraction of sp³-hybridized carbons (Fsp3) is 0.406. The second kappa shape index (κ2) is 10.1. The minimum absolute atomic E-state index is 0.0901. The van der Waals surface area contributed by atoms with Crippen LogP contribution in [0.5, 0.6) is 5.75 Å². The Morgan fingerprint density at radius 2 is 1.54 bits per heavy atom. The Labute approximate surface area is 238 Å². The van der Waals surface area contributed by atoms with E-state index in [0.29, 0.717) is 34.2 Å². The molecule has 2 aliphatic carbocycles. The van der Waals surface area contributed by atoms with Crippen molar-refractivity contribution in [3.05, 3.63) is 80.6 Å². The number of nitrogens with one attached hydrogen (secondary N) is 2. The predicted molar refractivity (Wildman–Crippen MR) is 155 cm³/mol. The third-order valence-corrected chi connectivity index (χ3v) is 8.41. The molecule has 0 radical (unpaired) electrons. The van der Waals surface area contributed by atoms with Crippen LogP contribution in [0.15, 0.2) is 69.5 Å². The molecule has 3 aliphatic rings. The number of halogens is 1. The number of ketones is 2. The monoisotopic (exact) mass is 590 g/mol. The number of benzene rings is 2. The molecule has 0 saturated heterocycles. The maximum absolute atomic E-state index is 13.5. The van der Waals surface area contributed by atoms with E-state index in [1.165, 1.54) is 0 Å². The topological polar surface area (TPSA) is 84.5 Å². The summed E-state index contributed by atoms with van der Waals surface area (Å²) in [6.07, 6.45) is 2.41. The molecule has 1 aliphatic heterocycles. The van der Waals surface area contributed by atoms with Crippen molar-refractivity contribution in [1.82, 2.24) is 5.32 Å². The zero-order valence-corrected chi connectivity index (χ0v) is 24.8. The first-order valence-electron chi connectivity index (χ1n) is 13.4. The number of hydrogen-bond donors (Lipinski definition) is 2. The molecule has 6 nitrogen and oxygen atoms in total. The Morgan fingerprint density at radius 3 is 2.10 bits per heavy atom. The maximum Gasteiger partial charge on any atom is 0.262 e. The van der Waals surface area contributed by atoms with Crippen LogP contribution >= 0.6 is 15.9 Å². The Bertz CT molecular complexity index is 1400. The zero-order chi connectivity index (χ0) is 28.1. The summed E-state index contributed by atoms with van der Waals surface area (Å²) in [6.45, 7) is 10.2. The number of para-hydroxylation sites is 1. The smallest absolute Gasteiger partial charge is 0.262 e. The first-order chi connectivity index (χ1) is 18.3. The van der Waals surface area contributed by atoms with Crippen molar-refractivity contribution in [2.45, 2.75) is 66.2 Å². The van der Waals surface area contributed by atoms with Crippen molar-refractivity contribution in [3.8, 4) is 5.75 Å². The summed E-state index contributed by atoms with van der Waals surface area (Å²) in [5.74, 6) is 0.0231. The van der Waals surface area contributed by atoms with Crippen LogP contribution in [0, 0.1) is 17.8 Å². The van der Waals surface area contributed by atoms with E-state index in [1.54, 1.807) is 6.07 Å². The summed E-state index contributed by atoms with van der Waals surface area (Å²) in [7, 11) is 0. The number of allylic oxidation sites excluding steroid dienone is 4. The molecule has 2 aromatic carbocycles. The van der Waals surface area contributed by atoms with E-state index in [4.69, 9.17) is 4.74 Å². The van der Waals surface area contributed by atoms with Gasteiger partial charge >= 0.3 is 0 Å². The van der Waals surface area contributed by atoms with Gasteiger partial charge in [-0.2, -0.15) is 0 Å². The third-order valence-electron chi connectivity index (χ3n) is 7.79. The van der Waals surface area contributed by atoms with Gasteiger partial charge in [-0.25, -0.2) is 0 Å². The fourth-order valence-electron chi connectivity index (χ4n) is 6.08. The van der Waals surface area contributed by atoms with Crippen LogP contribution in [-0.4, -0.2) is 24.1 Å². The molecule has 0 aromatic heterocycles. The number of Topliss-reactive ketones (excluding diaryl/α,β-unsaturated/α-hetero) is 2. The molecule has 0 saturated carbocycles. The highest BCUT2D eigenvalue weighted by molar-refractivity contribution is 9.10. The second-order valence-electron chi connectivity index (χ2n) is 12.6. The summed E-state index contributed by atoms with van der Waals surface area (Å²) in [5, 5.41) is 6.42. The van der Waals surface area contributed by atoms with Crippen molar-refractivity contribution in [2.75, 3.05) is 11.9 Å². The molecular weight excluding hydrogens is 556 g/mol. The highest BCUT2D eigenvalue weighted by Crippen LogP contribution is 2.51. The van der Waals surface area contributed by atoms with Crippen molar-refractivity contribution in [2.24, 2.45) is 10.8 Å². The Balaban J connectivity index is 1.44. The van der Waals surface area contributed by atoms with Crippen molar-refractivity contribution >= 4 is 39.1 Å². The Hall–Kier alpha value is -3.19. The molecule has 0 fully saturated rings. The number of ether oxygens (including phenoxy) is 1. The number of hydrogen-bond acceptors (Lipinski definition) is 5. The zero-order valence-electron chi connectivity index (χ0n) is 23.2. The lowest BCUT2D eigenvalue weighted by Crippen LogP contribution is -2.42. The number of anilines is 1. The van der Waals surface area contributed by atoms with Gasteiger partial charge in [0.15, 0.2) is 18.2 Å². The molecule has 39 heavy (non-hydrogen) atoms. The summed E-state index contributed by atoms with van der Waals surface area (Å²) >= 11 is 3.61. The van der Waals surface area contributed by atoms with Gasteiger partial charge < -0.3 is 15.4 Å². The van der Waals surface area contributed by atoms with Crippen molar-refractivity contribution in [1.29, 1.82) is 0 Å². The number of carbonyl (C=O) groups excluding carboxylic acids is 3. The van der Waals surface area contributed by atoms with E-state index in [-0.39, 0.29) is 34.9 Å². The quantitative estimate of drug-likeness (QED) is 0.402. The van der Waals surface area contributed by atoms with Gasteiger partial charge in [-0.05, 0) is 75.9 Å². The maximum atomic E-state index is 13.5. The number of rotatable bonds is 5. The second-order valence-corrected chi connectivity index (χ2v) is 13.4. The highest BCUT2D eigenvalue weighted by atomic mass is 79.9. The molecule has 0 unspecified atom stereocenters. The molecule has 2 N–H and O–H groups in total. The standard InChI is InChI=1S/C32H35BrN2O4/c1-18-8-6-7-9-21(18)35-27(38)17-39-26-11-10-19(12-20(26)33)28-29-22(13-31(2,3)15-24(29)36)34-23-14-32(4,5)16-25(37)30(23)28/h6-12,28,34H,13-17H2,1-5H3,(H,35,38). The van der Waals surface area contributed by atoms with Crippen LogP contribution in [0.25, 0.3) is 0 Å². The van der Waals surface area contributed by atoms with E-state index in [9.17, 15) is 14.4 Å². The number of dihydropyridines is 1. The molecular formula is C32H35BrN2O4. The first kappa shape index (κ1) is 27.4. The van der Waals surface area contributed by atoms with Gasteiger partial charge in [0.2, 0.25) is 0 Å². The Kier molecular flexibility index (Phi) is 7.08.